The third-order valence-corrected chi connectivity index (χ3v) is 6.35. The van der Waals surface area contributed by atoms with E-state index in [2.05, 4.69) is 4.72 Å². The predicted molar refractivity (Wildman–Crippen MR) is 123 cm³/mol. The molecule has 3 aromatic carbocycles. The molecule has 0 heterocycles. The molecule has 4 N–H and O–H groups in total. The maximum absolute atomic E-state index is 11.9. The number of carbonyl (C=O) groups excluding carboxylic acids is 1. The van der Waals surface area contributed by atoms with Crippen molar-refractivity contribution in [2.45, 2.75) is 9.79 Å². The molecule has 0 aromatic heterocycles. The molecule has 0 radical (unpaired) electrons. The SMILES string of the molecule is COC(=O)c1cccc(C(=N)c2cc(NSc3ccccc3S(C)=O)ccc2N)c1. The average Bonchev–Trinajstić information content (AvgIpc) is 2.77. The van der Waals surface area contributed by atoms with Crippen molar-refractivity contribution in [3.8, 4) is 0 Å². The van der Waals surface area contributed by atoms with Crippen molar-refractivity contribution in [2.75, 3.05) is 23.8 Å². The van der Waals surface area contributed by atoms with Crippen LogP contribution >= 0.6 is 11.9 Å². The summed E-state index contributed by atoms with van der Waals surface area (Å²) in [6.45, 7) is 0. The number of anilines is 2. The number of nitrogens with two attached hydrogens (primary N) is 1. The standard InChI is InChI=1S/C22H21N3O3S2/c1-28-22(26)15-7-5-6-14(12-15)21(24)17-13-16(10-11-18(17)23)25-29-19-8-3-4-9-20(19)30(2)27/h3-13,24-25H,23H2,1-2H3. The Bertz CT molecular complexity index is 1130. The van der Waals surface area contributed by atoms with Gasteiger partial charge in [0.25, 0.3) is 0 Å². The van der Waals surface area contributed by atoms with Gasteiger partial charge >= 0.3 is 5.97 Å². The van der Waals surface area contributed by atoms with Gasteiger partial charge in [-0.2, -0.15) is 0 Å². The van der Waals surface area contributed by atoms with Gasteiger partial charge in [-0.25, -0.2) is 4.79 Å². The Kier molecular flexibility index (Phi) is 6.91. The molecule has 0 aliphatic carbocycles. The van der Waals surface area contributed by atoms with Gasteiger partial charge in [-0.1, -0.05) is 24.3 Å². The summed E-state index contributed by atoms with van der Waals surface area (Å²) >= 11 is 1.34. The topological polar surface area (TPSA) is 105 Å². The Balaban J connectivity index is 1.85. The van der Waals surface area contributed by atoms with Crippen LogP contribution in [-0.2, 0) is 15.5 Å². The highest BCUT2D eigenvalue weighted by molar-refractivity contribution is 8.01. The minimum atomic E-state index is -1.10. The number of rotatable bonds is 7. The minimum absolute atomic E-state index is 0.196. The van der Waals surface area contributed by atoms with Crippen LogP contribution in [0.3, 0.4) is 0 Å². The Hall–Kier alpha value is -3.10. The molecule has 0 amide bonds. The zero-order chi connectivity index (χ0) is 21.7. The van der Waals surface area contributed by atoms with E-state index < -0.39 is 16.8 Å². The molecular weight excluding hydrogens is 418 g/mol. The second-order valence-corrected chi connectivity index (χ2v) is 8.55. The summed E-state index contributed by atoms with van der Waals surface area (Å²) in [5.74, 6) is -0.462. The van der Waals surface area contributed by atoms with E-state index in [0.29, 0.717) is 22.4 Å². The molecule has 30 heavy (non-hydrogen) atoms. The molecule has 1 atom stereocenters. The highest BCUT2D eigenvalue weighted by Gasteiger charge is 2.13. The van der Waals surface area contributed by atoms with E-state index in [-0.39, 0.29) is 5.71 Å². The lowest BCUT2D eigenvalue weighted by Crippen LogP contribution is -2.08. The Morgan fingerprint density at radius 3 is 2.53 bits per heavy atom. The van der Waals surface area contributed by atoms with Crippen molar-refractivity contribution >= 4 is 45.8 Å². The van der Waals surface area contributed by atoms with Crippen LogP contribution < -0.4 is 10.5 Å². The highest BCUT2D eigenvalue weighted by Crippen LogP contribution is 2.28. The number of ether oxygens (including phenoxy) is 1. The van der Waals surface area contributed by atoms with Crippen LogP contribution in [0.25, 0.3) is 0 Å². The smallest absolute Gasteiger partial charge is 0.337 e. The molecule has 6 nitrogen and oxygen atoms in total. The summed E-state index contributed by atoms with van der Waals surface area (Å²) in [4.78, 5) is 13.4. The fraction of sp³-hybridized carbons (Fsp3) is 0.0909. The Morgan fingerprint density at radius 1 is 1.07 bits per heavy atom. The van der Waals surface area contributed by atoms with E-state index in [0.717, 1.165) is 15.5 Å². The number of esters is 1. The Labute approximate surface area is 181 Å². The molecule has 0 saturated carbocycles. The fourth-order valence-corrected chi connectivity index (χ4v) is 4.57. The first kappa shape index (κ1) is 21.6. The average molecular weight is 440 g/mol. The van der Waals surface area contributed by atoms with Gasteiger partial charge in [-0.15, -0.1) is 0 Å². The van der Waals surface area contributed by atoms with Crippen LogP contribution in [-0.4, -0.2) is 29.3 Å². The summed E-state index contributed by atoms with van der Waals surface area (Å²) in [6.07, 6.45) is 1.64. The first-order valence-corrected chi connectivity index (χ1v) is 11.3. The molecule has 0 aliphatic rings. The van der Waals surface area contributed by atoms with Gasteiger partial charge in [-0.05, 0) is 54.4 Å². The molecule has 0 bridgehead atoms. The van der Waals surface area contributed by atoms with Crippen molar-refractivity contribution in [3.05, 3.63) is 83.4 Å². The number of nitrogens with one attached hydrogen (secondary N) is 2. The zero-order valence-corrected chi connectivity index (χ0v) is 18.1. The van der Waals surface area contributed by atoms with Crippen molar-refractivity contribution in [1.82, 2.24) is 0 Å². The van der Waals surface area contributed by atoms with E-state index in [1.807, 2.05) is 30.3 Å². The lowest BCUT2D eigenvalue weighted by atomic mass is 9.99. The first-order chi connectivity index (χ1) is 14.4. The third kappa shape index (κ3) is 4.90. The van der Waals surface area contributed by atoms with E-state index in [9.17, 15) is 9.00 Å². The van der Waals surface area contributed by atoms with Gasteiger partial charge in [0, 0.05) is 33.7 Å². The van der Waals surface area contributed by atoms with Crippen molar-refractivity contribution in [1.29, 1.82) is 5.41 Å². The van der Waals surface area contributed by atoms with Gasteiger partial charge in [0.05, 0.1) is 34.1 Å². The molecule has 0 spiro atoms. The number of benzene rings is 3. The largest absolute Gasteiger partial charge is 0.465 e. The molecule has 0 saturated heterocycles. The molecule has 8 heteroatoms. The minimum Gasteiger partial charge on any atom is -0.465 e. The normalized spacial score (nSPS) is 11.5. The lowest BCUT2D eigenvalue weighted by molar-refractivity contribution is 0.0600. The van der Waals surface area contributed by atoms with Crippen LogP contribution in [0.5, 0.6) is 0 Å². The lowest BCUT2D eigenvalue weighted by Gasteiger charge is -2.13. The van der Waals surface area contributed by atoms with Crippen LogP contribution in [0.2, 0.25) is 0 Å². The summed E-state index contributed by atoms with van der Waals surface area (Å²) < 4.78 is 19.9. The molecule has 3 aromatic rings. The van der Waals surface area contributed by atoms with E-state index in [1.54, 1.807) is 42.7 Å². The van der Waals surface area contributed by atoms with Crippen LogP contribution in [0, 0.1) is 5.41 Å². The molecule has 154 valence electrons. The van der Waals surface area contributed by atoms with Crippen LogP contribution in [0.15, 0.2) is 76.5 Å². The first-order valence-electron chi connectivity index (χ1n) is 8.93. The quantitative estimate of drug-likeness (QED) is 0.219. The van der Waals surface area contributed by atoms with Gasteiger partial charge in [0.15, 0.2) is 0 Å². The molecule has 3 rings (SSSR count). The zero-order valence-electron chi connectivity index (χ0n) is 16.5. The number of hydrogen-bond acceptors (Lipinski definition) is 7. The fourth-order valence-electron chi connectivity index (χ4n) is 2.80. The summed E-state index contributed by atoms with van der Waals surface area (Å²) in [7, 11) is 0.218. The van der Waals surface area contributed by atoms with Crippen molar-refractivity contribution in [2.24, 2.45) is 0 Å². The number of carbonyl (C=O) groups is 1. The number of nitrogen functional groups attached to an aromatic ring is 1. The Morgan fingerprint density at radius 2 is 1.80 bits per heavy atom. The maximum Gasteiger partial charge on any atom is 0.337 e. The summed E-state index contributed by atoms with van der Waals surface area (Å²) in [6, 6.07) is 19.5. The monoisotopic (exact) mass is 439 g/mol. The summed E-state index contributed by atoms with van der Waals surface area (Å²) in [5, 5.41) is 8.58. The van der Waals surface area contributed by atoms with Crippen LogP contribution in [0.1, 0.15) is 21.5 Å². The van der Waals surface area contributed by atoms with Crippen molar-refractivity contribution in [3.63, 3.8) is 0 Å². The molecule has 0 fully saturated rings. The molecule has 0 aliphatic heterocycles. The van der Waals surface area contributed by atoms with E-state index in [4.69, 9.17) is 15.9 Å². The second-order valence-electron chi connectivity index (χ2n) is 6.35. The second kappa shape index (κ2) is 9.60. The number of hydrogen-bond donors (Lipinski definition) is 3. The maximum atomic E-state index is 11.9. The van der Waals surface area contributed by atoms with E-state index >= 15 is 0 Å². The van der Waals surface area contributed by atoms with E-state index in [1.165, 1.54) is 19.1 Å². The van der Waals surface area contributed by atoms with Crippen molar-refractivity contribution < 1.29 is 13.7 Å². The molecule has 1 unspecified atom stereocenters. The van der Waals surface area contributed by atoms with Gasteiger partial charge < -0.3 is 15.2 Å². The van der Waals surface area contributed by atoms with Crippen LogP contribution in [0.4, 0.5) is 11.4 Å². The molecular formula is C22H21N3O3S2. The van der Waals surface area contributed by atoms with Gasteiger partial charge in [0.1, 0.15) is 0 Å². The van der Waals surface area contributed by atoms with Gasteiger partial charge in [0.2, 0.25) is 0 Å². The van der Waals surface area contributed by atoms with Gasteiger partial charge in [-0.3, -0.25) is 9.62 Å². The predicted octanol–water partition coefficient (Wildman–Crippen LogP) is 4.33. The number of methoxy groups -OCH3 is 1. The summed E-state index contributed by atoms with van der Waals surface area (Å²) in [5.41, 5.74) is 8.97. The third-order valence-electron chi connectivity index (χ3n) is 4.33. The highest BCUT2D eigenvalue weighted by atomic mass is 32.2.